The Morgan fingerprint density at radius 3 is 2.35 bits per heavy atom. The van der Waals surface area contributed by atoms with E-state index in [0.29, 0.717) is 5.75 Å². The second-order valence-corrected chi connectivity index (χ2v) is 6.63. The summed E-state index contributed by atoms with van der Waals surface area (Å²) in [6.07, 6.45) is -3.62. The molecule has 0 atom stereocenters. The molecule has 0 unspecified atom stereocenters. The van der Waals surface area contributed by atoms with E-state index in [2.05, 4.69) is 6.92 Å². The lowest BCUT2D eigenvalue weighted by Gasteiger charge is -2.18. The van der Waals surface area contributed by atoms with E-state index in [-0.39, 0.29) is 23.0 Å². The molecular formula is C20H21F3O2S. The fourth-order valence-electron chi connectivity index (χ4n) is 2.77. The van der Waals surface area contributed by atoms with Crippen molar-refractivity contribution < 1.29 is 22.6 Å². The van der Waals surface area contributed by atoms with Crippen molar-refractivity contribution in [3.63, 3.8) is 0 Å². The van der Waals surface area contributed by atoms with E-state index in [4.69, 9.17) is 21.7 Å². The van der Waals surface area contributed by atoms with Crippen molar-refractivity contribution in [3.8, 4) is 11.5 Å². The highest BCUT2D eigenvalue weighted by Crippen LogP contribution is 2.37. The maximum absolute atomic E-state index is 13.4. The van der Waals surface area contributed by atoms with Crippen LogP contribution in [0.1, 0.15) is 41.7 Å². The summed E-state index contributed by atoms with van der Waals surface area (Å²) in [6.45, 7) is 7.14. The van der Waals surface area contributed by atoms with E-state index < -0.39 is 11.7 Å². The van der Waals surface area contributed by atoms with Crippen molar-refractivity contribution in [2.75, 3.05) is 0 Å². The molecule has 0 fully saturated rings. The Balaban J connectivity index is 2.39. The van der Waals surface area contributed by atoms with Gasteiger partial charge in [0, 0.05) is 12.5 Å². The fraction of sp³-hybridized carbons (Fsp3) is 0.350. The molecule has 0 aliphatic rings. The topological polar surface area (TPSA) is 18.5 Å². The molecular weight excluding hydrogens is 361 g/mol. The molecule has 0 aliphatic carbocycles. The average Bonchev–Trinajstić information content (AvgIpc) is 2.54. The highest BCUT2D eigenvalue weighted by Gasteiger charge is 2.35. The zero-order valence-electron chi connectivity index (χ0n) is 15.2. The quantitative estimate of drug-likeness (QED) is 0.575. The third-order valence-electron chi connectivity index (χ3n) is 4.08. The Labute approximate surface area is 156 Å². The van der Waals surface area contributed by atoms with Gasteiger partial charge in [-0.3, -0.25) is 0 Å². The van der Waals surface area contributed by atoms with Gasteiger partial charge in [-0.25, -0.2) is 0 Å². The molecule has 0 radical (unpaired) electrons. The van der Waals surface area contributed by atoms with Crippen LogP contribution in [0.15, 0.2) is 30.3 Å². The van der Waals surface area contributed by atoms with Crippen LogP contribution >= 0.6 is 12.2 Å². The lowest BCUT2D eigenvalue weighted by atomic mass is 10.0. The Hall–Kier alpha value is -2.08. The van der Waals surface area contributed by atoms with Gasteiger partial charge in [-0.1, -0.05) is 19.1 Å². The number of thiocarbonyl (C=S) groups is 1. The zero-order valence-corrected chi connectivity index (χ0v) is 16.0. The molecule has 0 N–H and O–H groups in total. The maximum atomic E-state index is 13.4. The maximum Gasteiger partial charge on any atom is 0.416 e. The van der Waals surface area contributed by atoms with Crippen LogP contribution in [-0.2, 0) is 19.2 Å². The summed E-state index contributed by atoms with van der Waals surface area (Å²) in [7, 11) is 0. The van der Waals surface area contributed by atoms with Gasteiger partial charge < -0.3 is 9.47 Å². The molecule has 140 valence electrons. The second-order valence-electron chi connectivity index (χ2n) is 6.06. The van der Waals surface area contributed by atoms with Crippen LogP contribution in [0.4, 0.5) is 13.2 Å². The normalized spacial score (nSPS) is 11.3. The number of benzene rings is 2. The third kappa shape index (κ3) is 4.75. The molecule has 2 aromatic rings. The van der Waals surface area contributed by atoms with Gasteiger partial charge in [0.15, 0.2) is 5.05 Å². The third-order valence-corrected chi connectivity index (χ3v) is 4.16. The predicted octanol–water partition coefficient (Wildman–Crippen LogP) is 6.19. The lowest BCUT2D eigenvalue weighted by Crippen LogP contribution is -2.14. The largest absolute Gasteiger partial charge is 0.488 e. The number of ether oxygens (including phenoxy) is 2. The SMILES string of the molecule is CCc1cc(C)c(OCc2c(OC(C)=S)cccc2C(F)(F)F)cc1C. The molecule has 0 saturated heterocycles. The van der Waals surface area contributed by atoms with Gasteiger partial charge in [-0.2, -0.15) is 13.2 Å². The van der Waals surface area contributed by atoms with E-state index in [1.165, 1.54) is 24.6 Å². The van der Waals surface area contributed by atoms with Crippen molar-refractivity contribution >= 4 is 17.3 Å². The standard InChI is InChI=1S/C20H21F3O2S/c1-5-15-9-13(3)19(10-12(15)2)24-11-16-17(20(21,22)23)7-6-8-18(16)25-14(4)26/h6-10H,5,11H2,1-4H3. The lowest BCUT2D eigenvalue weighted by molar-refractivity contribution is -0.138. The Morgan fingerprint density at radius 1 is 1.08 bits per heavy atom. The fourth-order valence-corrected chi connectivity index (χ4v) is 2.86. The minimum absolute atomic E-state index is 0.0619. The highest BCUT2D eigenvalue weighted by molar-refractivity contribution is 7.80. The van der Waals surface area contributed by atoms with Gasteiger partial charge in [0.25, 0.3) is 0 Å². The average molecular weight is 382 g/mol. The molecule has 2 aromatic carbocycles. The summed E-state index contributed by atoms with van der Waals surface area (Å²) in [6, 6.07) is 7.63. The molecule has 0 spiro atoms. The molecule has 0 amide bonds. The molecule has 2 rings (SSSR count). The van der Waals surface area contributed by atoms with Crippen LogP contribution in [-0.4, -0.2) is 5.05 Å². The number of hydrogen-bond donors (Lipinski definition) is 0. The van der Waals surface area contributed by atoms with Crippen LogP contribution in [0, 0.1) is 13.8 Å². The summed E-state index contributed by atoms with van der Waals surface area (Å²) in [5, 5.41) is 0.143. The minimum Gasteiger partial charge on any atom is -0.488 e. The van der Waals surface area contributed by atoms with Gasteiger partial charge in [-0.15, -0.1) is 0 Å². The van der Waals surface area contributed by atoms with E-state index in [9.17, 15) is 13.2 Å². The van der Waals surface area contributed by atoms with Crippen molar-refractivity contribution in [3.05, 3.63) is 58.1 Å². The van der Waals surface area contributed by atoms with Crippen LogP contribution in [0.2, 0.25) is 0 Å². The smallest absolute Gasteiger partial charge is 0.416 e. The Kier molecular flexibility index (Phi) is 6.29. The second kappa shape index (κ2) is 8.08. The molecule has 0 saturated carbocycles. The van der Waals surface area contributed by atoms with E-state index in [0.717, 1.165) is 23.6 Å². The first-order chi connectivity index (χ1) is 12.1. The number of aryl methyl sites for hydroxylation is 3. The summed E-state index contributed by atoms with van der Waals surface area (Å²) < 4.78 is 51.2. The number of alkyl halides is 3. The molecule has 6 heteroatoms. The number of rotatable bonds is 5. The summed E-state index contributed by atoms with van der Waals surface area (Å²) in [4.78, 5) is 0. The number of hydrogen-bond acceptors (Lipinski definition) is 3. The first-order valence-corrected chi connectivity index (χ1v) is 8.64. The summed E-state index contributed by atoms with van der Waals surface area (Å²) in [5.41, 5.74) is 2.26. The predicted molar refractivity (Wildman–Crippen MR) is 100.0 cm³/mol. The minimum atomic E-state index is -4.51. The van der Waals surface area contributed by atoms with Gasteiger partial charge in [0.1, 0.15) is 18.1 Å². The van der Waals surface area contributed by atoms with Crippen molar-refractivity contribution in [1.29, 1.82) is 0 Å². The Morgan fingerprint density at radius 2 is 1.77 bits per heavy atom. The van der Waals surface area contributed by atoms with Crippen molar-refractivity contribution in [2.24, 2.45) is 0 Å². The van der Waals surface area contributed by atoms with E-state index in [1.807, 2.05) is 26.0 Å². The Bertz CT molecular complexity index is 813. The summed E-state index contributed by atoms with van der Waals surface area (Å²) >= 11 is 4.87. The van der Waals surface area contributed by atoms with Crippen LogP contribution in [0.3, 0.4) is 0 Å². The monoisotopic (exact) mass is 382 g/mol. The first-order valence-electron chi connectivity index (χ1n) is 8.24. The van der Waals surface area contributed by atoms with Crippen molar-refractivity contribution in [1.82, 2.24) is 0 Å². The number of halogens is 3. The van der Waals surface area contributed by atoms with Gasteiger partial charge in [0.2, 0.25) is 0 Å². The molecule has 2 nitrogen and oxygen atoms in total. The van der Waals surface area contributed by atoms with Crippen LogP contribution in [0.25, 0.3) is 0 Å². The van der Waals surface area contributed by atoms with Gasteiger partial charge in [-0.05, 0) is 67.4 Å². The molecule has 26 heavy (non-hydrogen) atoms. The zero-order chi connectivity index (χ0) is 19.5. The van der Waals surface area contributed by atoms with E-state index >= 15 is 0 Å². The first kappa shape index (κ1) is 20.2. The van der Waals surface area contributed by atoms with Crippen molar-refractivity contribution in [2.45, 2.75) is 46.9 Å². The molecule has 0 bridgehead atoms. The van der Waals surface area contributed by atoms with Crippen LogP contribution in [0.5, 0.6) is 11.5 Å². The van der Waals surface area contributed by atoms with Gasteiger partial charge in [0.05, 0.1) is 5.56 Å². The highest BCUT2D eigenvalue weighted by atomic mass is 32.1. The molecule has 0 aliphatic heterocycles. The molecule has 0 heterocycles. The van der Waals surface area contributed by atoms with Gasteiger partial charge >= 0.3 is 6.18 Å². The molecule has 0 aromatic heterocycles. The van der Waals surface area contributed by atoms with E-state index in [1.54, 1.807) is 0 Å². The van der Waals surface area contributed by atoms with Crippen LogP contribution < -0.4 is 9.47 Å². The summed E-state index contributed by atoms with van der Waals surface area (Å²) in [5.74, 6) is 0.619.